The van der Waals surface area contributed by atoms with E-state index in [0.29, 0.717) is 0 Å². The number of para-hydroxylation sites is 2. The number of anilines is 2. The fourth-order valence-corrected chi connectivity index (χ4v) is 6.11. The van der Waals surface area contributed by atoms with E-state index in [4.69, 9.17) is 9.47 Å². The van der Waals surface area contributed by atoms with Crippen LogP contribution in [0.2, 0.25) is 0 Å². The third-order valence-electron chi connectivity index (χ3n) is 7.18. The number of hydrogen-bond acceptors (Lipinski definition) is 20. The standard InChI is InChI=1S/2C17H16N4O8S.Ba/c2*1-10(22)9-15(23)18-11-5-3-7-13(29-2)16(11)20-19-12-6-4-8-14(30(26,27)28)17(12)21(24)25;/h2*3-8H,9H2,1-2H3,(H,18,23)(H,26,27,28);/q;;+2/p-2. The number of carbonyl (C=O) groups excluding carboxylic acids is 4. The minimum Gasteiger partial charge on any atom is -0.744 e. The summed E-state index contributed by atoms with van der Waals surface area (Å²) in [5.41, 5.74) is -2.95. The molecule has 0 unspecified atom stereocenters. The number of methoxy groups -OCH3 is 2. The van der Waals surface area contributed by atoms with Crippen molar-refractivity contribution in [2.75, 3.05) is 24.9 Å². The molecule has 4 aromatic carbocycles. The van der Waals surface area contributed by atoms with E-state index in [9.17, 15) is 65.3 Å². The first-order valence-corrected chi connectivity index (χ1v) is 19.1. The minimum atomic E-state index is -5.14. The zero-order chi connectivity index (χ0) is 44.9. The topological polar surface area (TPSA) is 361 Å². The van der Waals surface area contributed by atoms with Gasteiger partial charge in [-0.15, -0.1) is 20.5 Å². The van der Waals surface area contributed by atoms with Gasteiger partial charge in [-0.05, 0) is 62.4 Å². The Bertz CT molecular complexity index is 2480. The number of nitro groups is 2. The predicted octanol–water partition coefficient (Wildman–Crippen LogP) is 5.30. The second kappa shape index (κ2) is 22.7. The van der Waals surface area contributed by atoms with E-state index in [-0.39, 0.29) is 108 Å². The number of nitrogens with one attached hydrogen (secondary N) is 2. The average molecular weight is 1010 g/mol. The molecule has 24 nitrogen and oxygen atoms in total. The maximum Gasteiger partial charge on any atom is 2.00 e. The van der Waals surface area contributed by atoms with E-state index in [1.165, 1.54) is 64.5 Å². The Balaban J connectivity index is 0.000000413. The molecule has 2 amide bonds. The molecular formula is C34H30BaN8O16S2. The zero-order valence-electron chi connectivity index (χ0n) is 32.1. The maximum absolute atomic E-state index is 11.9. The van der Waals surface area contributed by atoms with Crippen LogP contribution in [0.5, 0.6) is 11.5 Å². The van der Waals surface area contributed by atoms with Crippen molar-refractivity contribution in [2.45, 2.75) is 36.5 Å². The maximum atomic E-state index is 11.9. The summed E-state index contributed by atoms with van der Waals surface area (Å²) >= 11 is 0. The first-order chi connectivity index (χ1) is 28.1. The number of nitrogens with zero attached hydrogens (tertiary/aromatic N) is 6. The Hall–Kier alpha value is -5.85. The number of Topliss-reactive ketones (excluding diaryl/α,β-unsaturated/α-hetero) is 2. The van der Waals surface area contributed by atoms with E-state index >= 15 is 0 Å². The van der Waals surface area contributed by atoms with Gasteiger partial charge in [-0.2, -0.15) is 0 Å². The molecule has 0 aliphatic rings. The number of amides is 2. The van der Waals surface area contributed by atoms with Gasteiger partial charge in [-0.25, -0.2) is 16.8 Å². The van der Waals surface area contributed by atoms with Crippen molar-refractivity contribution in [1.82, 2.24) is 0 Å². The van der Waals surface area contributed by atoms with Crippen molar-refractivity contribution in [1.29, 1.82) is 0 Å². The molecule has 4 aromatic rings. The summed E-state index contributed by atoms with van der Waals surface area (Å²) in [5.74, 6) is -1.73. The fraction of sp³-hybridized carbons (Fsp3) is 0.176. The van der Waals surface area contributed by atoms with Crippen molar-refractivity contribution in [3.8, 4) is 11.5 Å². The predicted molar refractivity (Wildman–Crippen MR) is 210 cm³/mol. The number of ether oxygens (including phenoxy) is 2. The summed E-state index contributed by atoms with van der Waals surface area (Å²) in [6, 6.07) is 14.8. The van der Waals surface area contributed by atoms with E-state index < -0.39 is 74.4 Å². The van der Waals surface area contributed by atoms with Crippen molar-refractivity contribution in [3.05, 3.63) is 93.0 Å². The first-order valence-electron chi connectivity index (χ1n) is 16.3. The van der Waals surface area contributed by atoms with E-state index in [2.05, 4.69) is 31.1 Å². The van der Waals surface area contributed by atoms with Crippen LogP contribution in [0, 0.1) is 20.2 Å². The van der Waals surface area contributed by atoms with Gasteiger partial charge in [-0.3, -0.25) is 39.4 Å². The summed E-state index contributed by atoms with van der Waals surface area (Å²) in [5, 5.41) is 42.6. The monoisotopic (exact) mass is 1010 g/mol. The van der Waals surface area contributed by atoms with Crippen LogP contribution in [0.15, 0.2) is 103 Å². The van der Waals surface area contributed by atoms with Gasteiger partial charge in [0.2, 0.25) is 11.8 Å². The van der Waals surface area contributed by atoms with E-state index in [0.717, 1.165) is 36.4 Å². The van der Waals surface area contributed by atoms with E-state index in [1.807, 2.05) is 0 Å². The summed E-state index contributed by atoms with van der Waals surface area (Å²) in [4.78, 5) is 64.5. The molecule has 316 valence electrons. The number of nitro benzene ring substituents is 2. The number of azo groups is 2. The molecule has 61 heavy (non-hydrogen) atoms. The Morgan fingerprint density at radius 3 is 1.20 bits per heavy atom. The summed E-state index contributed by atoms with van der Waals surface area (Å²) in [6.07, 6.45) is -0.772. The smallest absolute Gasteiger partial charge is 0.744 e. The van der Waals surface area contributed by atoms with Gasteiger partial charge in [0.15, 0.2) is 22.7 Å². The van der Waals surface area contributed by atoms with E-state index in [1.54, 1.807) is 0 Å². The second-order valence-corrected chi connectivity index (χ2v) is 14.3. The second-order valence-electron chi connectivity index (χ2n) is 11.6. The number of carbonyl (C=O) groups is 4. The van der Waals surface area contributed by atoms with Gasteiger partial charge in [0.1, 0.15) is 53.1 Å². The molecule has 0 radical (unpaired) electrons. The van der Waals surface area contributed by atoms with Gasteiger partial charge in [-0.1, -0.05) is 24.3 Å². The number of rotatable bonds is 16. The Morgan fingerprint density at radius 1 is 0.590 bits per heavy atom. The van der Waals surface area contributed by atoms with Crippen LogP contribution in [0.3, 0.4) is 0 Å². The Labute approximate surface area is 385 Å². The molecule has 0 saturated heterocycles. The minimum absolute atomic E-state index is 0. The molecule has 27 heteroatoms. The Kier molecular flexibility index (Phi) is 19.1. The van der Waals surface area contributed by atoms with Crippen LogP contribution >= 0.6 is 0 Å². The van der Waals surface area contributed by atoms with Crippen LogP contribution in [0.4, 0.5) is 45.5 Å². The number of ketones is 2. The molecule has 4 rings (SSSR count). The van der Waals surface area contributed by atoms with Crippen LogP contribution in [-0.2, 0) is 39.4 Å². The summed E-state index contributed by atoms with van der Waals surface area (Å²) in [6.45, 7) is 2.48. The molecule has 0 aliphatic heterocycles. The largest absolute Gasteiger partial charge is 2.00 e. The molecular weight excluding hydrogens is 978 g/mol. The molecule has 0 saturated carbocycles. The van der Waals surface area contributed by atoms with Crippen LogP contribution < -0.4 is 20.1 Å². The van der Waals surface area contributed by atoms with Crippen molar-refractivity contribution in [3.63, 3.8) is 0 Å². The van der Waals surface area contributed by atoms with Crippen molar-refractivity contribution in [2.24, 2.45) is 20.5 Å². The average Bonchev–Trinajstić information content (AvgIpc) is 3.15. The molecule has 2 N–H and O–H groups in total. The summed E-state index contributed by atoms with van der Waals surface area (Å²) in [7, 11) is -7.66. The number of benzene rings is 4. The first kappa shape index (κ1) is 51.3. The van der Waals surface area contributed by atoms with Crippen molar-refractivity contribution >= 4 is 138 Å². The third kappa shape index (κ3) is 14.7. The Morgan fingerprint density at radius 2 is 0.918 bits per heavy atom. The molecule has 0 spiro atoms. The molecule has 0 heterocycles. The molecule has 0 bridgehead atoms. The van der Waals surface area contributed by atoms with Crippen LogP contribution in [0.1, 0.15) is 26.7 Å². The molecule has 0 aromatic heterocycles. The number of hydrogen-bond donors (Lipinski definition) is 2. The zero-order valence-corrected chi connectivity index (χ0v) is 38.2. The van der Waals surface area contributed by atoms with Crippen molar-refractivity contribution < 1.29 is 64.4 Å². The third-order valence-corrected chi connectivity index (χ3v) is 8.92. The summed E-state index contributed by atoms with van der Waals surface area (Å²) < 4.78 is 78.2. The van der Waals surface area contributed by atoms with Gasteiger partial charge >= 0.3 is 60.3 Å². The molecule has 0 aliphatic carbocycles. The van der Waals surface area contributed by atoms with Crippen LogP contribution in [0.25, 0.3) is 0 Å². The quantitative estimate of drug-likeness (QED) is 0.0359. The molecule has 0 fully saturated rings. The SMILES string of the molecule is COc1cccc(NC(=O)CC(C)=O)c1N=Nc1cccc(S(=O)(=O)[O-])c1[N+](=O)[O-].COc1cccc(NC(=O)CC(C)=O)c1N=Nc1cccc(S(=O)(=O)[O-])c1[N+](=O)[O-].[Ba+2]. The normalized spacial score (nSPS) is 11.1. The van der Waals surface area contributed by atoms with Gasteiger partial charge < -0.3 is 29.2 Å². The molecule has 0 atom stereocenters. The van der Waals surface area contributed by atoms with Gasteiger partial charge in [0.05, 0.1) is 48.3 Å². The van der Waals surface area contributed by atoms with Crippen LogP contribution in [-0.4, -0.2) is 122 Å². The van der Waals surface area contributed by atoms with Gasteiger partial charge in [0, 0.05) is 0 Å². The van der Waals surface area contributed by atoms with Gasteiger partial charge in [0.25, 0.3) is 0 Å². The fourth-order valence-electron chi connectivity index (χ4n) is 4.78.